The lowest BCUT2D eigenvalue weighted by Gasteiger charge is -2.42. The van der Waals surface area contributed by atoms with Crippen molar-refractivity contribution in [2.75, 3.05) is 12.9 Å². The van der Waals surface area contributed by atoms with Crippen LogP contribution in [-0.2, 0) is 30.2 Å². The van der Waals surface area contributed by atoms with Crippen molar-refractivity contribution < 1.29 is 17.9 Å². The highest BCUT2D eigenvalue weighted by atomic mass is 32.2. The molecule has 0 saturated heterocycles. The van der Waals surface area contributed by atoms with Gasteiger partial charge in [-0.15, -0.1) is 0 Å². The van der Waals surface area contributed by atoms with Gasteiger partial charge in [-0.2, -0.15) is 0 Å². The predicted molar refractivity (Wildman–Crippen MR) is 130 cm³/mol. The molecule has 0 atom stereocenters. The van der Waals surface area contributed by atoms with Crippen LogP contribution in [0.15, 0.2) is 47.4 Å². The molecule has 2 aromatic carbocycles. The highest BCUT2D eigenvalue weighted by Crippen LogP contribution is 2.46. The van der Waals surface area contributed by atoms with Crippen molar-refractivity contribution in [1.29, 1.82) is 0 Å². The largest absolute Gasteiger partial charge is 0.469 e. The molecule has 0 unspecified atom stereocenters. The standard InChI is InChI=1S/C27H34O4S/c1-19(21-9-12-23-24(18-21)27(4,5)15-14-26(23,2)3)17-20-7-10-22(11-8-20)32(29,30)16-13-25(28)31-6/h7-12,17-18H,13-16H2,1-6H3. The van der Waals surface area contributed by atoms with Crippen molar-refractivity contribution in [3.63, 3.8) is 0 Å². The van der Waals surface area contributed by atoms with E-state index in [1.54, 1.807) is 24.3 Å². The molecular formula is C27H34O4S. The average molecular weight is 455 g/mol. The normalized spacial score (nSPS) is 17.5. The number of rotatable bonds is 6. The summed E-state index contributed by atoms with van der Waals surface area (Å²) >= 11 is 0. The van der Waals surface area contributed by atoms with E-state index in [4.69, 9.17) is 0 Å². The molecule has 1 aliphatic carbocycles. The van der Waals surface area contributed by atoms with Crippen molar-refractivity contribution in [2.45, 2.75) is 69.6 Å². The molecule has 172 valence electrons. The molecule has 0 aliphatic heterocycles. The molecule has 0 bridgehead atoms. The fourth-order valence-electron chi connectivity index (χ4n) is 4.38. The maximum absolute atomic E-state index is 12.4. The molecule has 0 N–H and O–H groups in total. The van der Waals surface area contributed by atoms with Crippen molar-refractivity contribution in [3.05, 3.63) is 64.7 Å². The number of benzene rings is 2. The molecule has 0 radical (unpaired) electrons. The zero-order chi connectivity index (χ0) is 23.7. The summed E-state index contributed by atoms with van der Waals surface area (Å²) in [6.07, 6.45) is 4.29. The van der Waals surface area contributed by atoms with Gasteiger partial charge in [-0.05, 0) is 70.6 Å². The molecule has 5 heteroatoms. The fourth-order valence-corrected chi connectivity index (χ4v) is 5.60. The molecule has 0 spiro atoms. The molecule has 4 nitrogen and oxygen atoms in total. The summed E-state index contributed by atoms with van der Waals surface area (Å²) in [6.45, 7) is 11.4. The van der Waals surface area contributed by atoms with E-state index >= 15 is 0 Å². The topological polar surface area (TPSA) is 60.4 Å². The molecule has 0 heterocycles. The summed E-state index contributed by atoms with van der Waals surface area (Å²) < 4.78 is 29.4. The first-order valence-corrected chi connectivity index (χ1v) is 12.7. The van der Waals surface area contributed by atoms with Crippen LogP contribution >= 0.6 is 0 Å². The minimum absolute atomic E-state index is 0.148. The van der Waals surface area contributed by atoms with Crippen LogP contribution in [0.25, 0.3) is 11.6 Å². The Morgan fingerprint density at radius 1 is 0.969 bits per heavy atom. The van der Waals surface area contributed by atoms with E-state index in [0.29, 0.717) is 0 Å². The second kappa shape index (κ2) is 8.86. The first-order valence-electron chi connectivity index (χ1n) is 11.1. The van der Waals surface area contributed by atoms with Crippen molar-refractivity contribution in [3.8, 4) is 0 Å². The summed E-state index contributed by atoms with van der Waals surface area (Å²) in [5.74, 6) is -0.782. The molecule has 0 amide bonds. The van der Waals surface area contributed by atoms with Gasteiger partial charge in [0.15, 0.2) is 9.84 Å². The van der Waals surface area contributed by atoms with Crippen molar-refractivity contribution in [1.82, 2.24) is 0 Å². The Bertz CT molecular complexity index is 1140. The van der Waals surface area contributed by atoms with Gasteiger partial charge in [0.05, 0.1) is 24.2 Å². The number of carbonyl (C=O) groups excluding carboxylic acids is 1. The van der Waals surface area contributed by atoms with Crippen LogP contribution in [0.3, 0.4) is 0 Å². The Morgan fingerprint density at radius 2 is 1.56 bits per heavy atom. The van der Waals surface area contributed by atoms with Crippen LogP contribution in [0, 0.1) is 0 Å². The van der Waals surface area contributed by atoms with Crippen LogP contribution in [-0.4, -0.2) is 27.2 Å². The maximum Gasteiger partial charge on any atom is 0.306 e. The molecule has 32 heavy (non-hydrogen) atoms. The summed E-state index contributed by atoms with van der Waals surface area (Å²) in [4.78, 5) is 11.5. The lowest BCUT2D eigenvalue weighted by atomic mass is 9.63. The second-order valence-corrected chi connectivity index (χ2v) is 12.2. The number of sulfone groups is 1. The van der Waals surface area contributed by atoms with E-state index in [1.807, 2.05) is 0 Å². The van der Waals surface area contributed by atoms with Crippen molar-refractivity contribution in [2.24, 2.45) is 0 Å². The number of carbonyl (C=O) groups is 1. The Kier molecular flexibility index (Phi) is 6.71. The molecular weight excluding hydrogens is 420 g/mol. The first-order chi connectivity index (χ1) is 14.9. The highest BCUT2D eigenvalue weighted by molar-refractivity contribution is 7.91. The van der Waals surface area contributed by atoms with E-state index in [1.165, 1.54) is 36.6 Å². The van der Waals surface area contributed by atoms with Gasteiger partial charge >= 0.3 is 5.97 Å². The van der Waals surface area contributed by atoms with Crippen LogP contribution in [0.1, 0.15) is 76.1 Å². The number of ether oxygens (including phenoxy) is 1. The minimum Gasteiger partial charge on any atom is -0.469 e. The van der Waals surface area contributed by atoms with Crippen LogP contribution in [0.4, 0.5) is 0 Å². The van der Waals surface area contributed by atoms with E-state index in [9.17, 15) is 13.2 Å². The van der Waals surface area contributed by atoms with Crippen molar-refractivity contribution >= 4 is 27.5 Å². The summed E-state index contributed by atoms with van der Waals surface area (Å²) in [5, 5.41) is 0. The third kappa shape index (κ3) is 5.15. The third-order valence-corrected chi connectivity index (χ3v) is 8.47. The zero-order valence-corrected chi connectivity index (χ0v) is 20.8. The van der Waals surface area contributed by atoms with E-state index in [-0.39, 0.29) is 27.9 Å². The van der Waals surface area contributed by atoms with Gasteiger partial charge < -0.3 is 4.74 Å². The number of allylic oxidation sites excluding steroid dienone is 1. The van der Waals surface area contributed by atoms with Gasteiger partial charge in [-0.25, -0.2) is 8.42 Å². The van der Waals surface area contributed by atoms with Gasteiger partial charge in [0, 0.05) is 0 Å². The average Bonchev–Trinajstić information content (AvgIpc) is 2.75. The molecule has 0 aromatic heterocycles. The van der Waals surface area contributed by atoms with Gasteiger partial charge in [0.25, 0.3) is 0 Å². The number of fused-ring (bicyclic) bond motifs is 1. The Balaban J connectivity index is 1.85. The maximum atomic E-state index is 12.4. The molecule has 0 saturated carbocycles. The van der Waals surface area contributed by atoms with Crippen LogP contribution in [0.2, 0.25) is 0 Å². The minimum atomic E-state index is -3.52. The number of esters is 1. The fraction of sp³-hybridized carbons (Fsp3) is 0.444. The predicted octanol–water partition coefficient (Wildman–Crippen LogP) is 5.93. The molecule has 2 aromatic rings. The monoisotopic (exact) mass is 454 g/mol. The number of hydrogen-bond acceptors (Lipinski definition) is 4. The summed E-state index contributed by atoms with van der Waals surface area (Å²) in [6, 6.07) is 13.6. The Morgan fingerprint density at radius 3 is 2.16 bits per heavy atom. The lowest BCUT2D eigenvalue weighted by molar-refractivity contribution is -0.140. The second-order valence-electron chi connectivity index (χ2n) is 10.1. The zero-order valence-electron chi connectivity index (χ0n) is 20.0. The van der Waals surface area contributed by atoms with Crippen LogP contribution in [0.5, 0.6) is 0 Å². The summed E-state index contributed by atoms with van der Waals surface area (Å²) in [7, 11) is -2.27. The SMILES string of the molecule is COC(=O)CCS(=O)(=O)c1ccc(C=C(C)c2ccc3c(c2)C(C)(C)CCC3(C)C)cc1. The molecule has 0 fully saturated rings. The number of hydrogen-bond donors (Lipinski definition) is 0. The lowest BCUT2D eigenvalue weighted by Crippen LogP contribution is -2.33. The molecule has 3 rings (SSSR count). The van der Waals surface area contributed by atoms with E-state index in [2.05, 4.69) is 63.6 Å². The van der Waals surface area contributed by atoms with Gasteiger partial charge in [0.1, 0.15) is 0 Å². The van der Waals surface area contributed by atoms with E-state index in [0.717, 1.165) is 11.1 Å². The first kappa shape index (κ1) is 24.2. The van der Waals surface area contributed by atoms with E-state index < -0.39 is 15.8 Å². The van der Waals surface area contributed by atoms with Gasteiger partial charge in [-0.1, -0.05) is 64.1 Å². The van der Waals surface area contributed by atoms with Crippen LogP contribution < -0.4 is 0 Å². The summed E-state index contributed by atoms with van der Waals surface area (Å²) in [5.41, 5.74) is 6.46. The smallest absolute Gasteiger partial charge is 0.306 e. The number of methoxy groups -OCH3 is 1. The molecule has 1 aliphatic rings. The quantitative estimate of drug-likeness (QED) is 0.401. The Hall–Kier alpha value is -2.40. The van der Waals surface area contributed by atoms with Gasteiger partial charge in [0.2, 0.25) is 0 Å². The Labute approximate surface area is 192 Å². The third-order valence-electron chi connectivity index (χ3n) is 6.73. The van der Waals surface area contributed by atoms with Gasteiger partial charge in [-0.3, -0.25) is 4.79 Å². The highest BCUT2D eigenvalue weighted by Gasteiger charge is 2.36.